The van der Waals surface area contributed by atoms with E-state index in [1.165, 1.54) is 9.77 Å². The van der Waals surface area contributed by atoms with Crippen LogP contribution in [0.4, 0.5) is 0 Å². The highest BCUT2D eigenvalue weighted by atomic mass is 32.2. The number of fused-ring (bicyclic) bond motifs is 1. The van der Waals surface area contributed by atoms with E-state index >= 15 is 0 Å². The van der Waals surface area contributed by atoms with E-state index in [9.17, 15) is 0 Å². The van der Waals surface area contributed by atoms with Gasteiger partial charge in [0.25, 0.3) is 0 Å². The molecule has 0 fully saturated rings. The van der Waals surface area contributed by atoms with Crippen molar-refractivity contribution >= 4 is 34.3 Å². The van der Waals surface area contributed by atoms with Gasteiger partial charge in [-0.05, 0) is 29.8 Å². The summed E-state index contributed by atoms with van der Waals surface area (Å²) in [5.41, 5.74) is 2.98. The second kappa shape index (κ2) is 5.62. The average molecular weight is 326 g/mol. The molecule has 0 spiro atoms. The summed E-state index contributed by atoms with van der Waals surface area (Å²) in [4.78, 5) is 10.6. The van der Waals surface area contributed by atoms with E-state index in [2.05, 4.69) is 58.1 Å². The summed E-state index contributed by atoms with van der Waals surface area (Å²) in [6.45, 7) is 0.760. The third-order valence-electron chi connectivity index (χ3n) is 3.51. The lowest BCUT2D eigenvalue weighted by molar-refractivity contribution is 0.713. The van der Waals surface area contributed by atoms with Crippen molar-refractivity contribution in [1.82, 2.24) is 19.7 Å². The number of nitrogens with zero attached hydrogens (tertiary/aromatic N) is 3. The molecule has 0 bridgehead atoms. The normalized spacial score (nSPS) is 11.3. The van der Waals surface area contributed by atoms with Gasteiger partial charge in [0, 0.05) is 15.3 Å². The SMILES string of the molecule is CSc1cccc(-c2nc3c(cnn3Cc3cccs3)[nH]2)c1. The summed E-state index contributed by atoms with van der Waals surface area (Å²) in [7, 11) is 0. The van der Waals surface area contributed by atoms with Crippen molar-refractivity contribution in [1.29, 1.82) is 0 Å². The number of aromatic amines is 1. The van der Waals surface area contributed by atoms with Crippen LogP contribution in [0.25, 0.3) is 22.6 Å². The molecule has 4 aromatic rings. The lowest BCUT2D eigenvalue weighted by Gasteiger charge is -2.00. The quantitative estimate of drug-likeness (QED) is 0.570. The number of hydrogen-bond acceptors (Lipinski definition) is 4. The predicted molar refractivity (Wildman–Crippen MR) is 92.5 cm³/mol. The van der Waals surface area contributed by atoms with Crippen LogP contribution in [-0.4, -0.2) is 26.0 Å². The molecule has 0 aliphatic rings. The molecule has 0 aliphatic carbocycles. The molecule has 1 aromatic carbocycles. The highest BCUT2D eigenvalue weighted by Gasteiger charge is 2.11. The minimum atomic E-state index is 0.760. The fourth-order valence-corrected chi connectivity index (χ4v) is 3.56. The number of hydrogen-bond donors (Lipinski definition) is 1. The smallest absolute Gasteiger partial charge is 0.177 e. The van der Waals surface area contributed by atoms with Crippen molar-refractivity contribution in [3.63, 3.8) is 0 Å². The maximum Gasteiger partial charge on any atom is 0.177 e. The fourth-order valence-electron chi connectivity index (χ4n) is 2.42. The number of nitrogens with one attached hydrogen (secondary N) is 1. The number of thioether (sulfide) groups is 1. The molecule has 0 saturated heterocycles. The summed E-state index contributed by atoms with van der Waals surface area (Å²) < 4.78 is 1.94. The van der Waals surface area contributed by atoms with Crippen LogP contribution in [0.3, 0.4) is 0 Å². The van der Waals surface area contributed by atoms with Crippen molar-refractivity contribution < 1.29 is 0 Å². The zero-order valence-electron chi connectivity index (χ0n) is 12.0. The molecule has 4 rings (SSSR count). The van der Waals surface area contributed by atoms with Gasteiger partial charge in [-0.1, -0.05) is 18.2 Å². The number of benzene rings is 1. The van der Waals surface area contributed by atoms with Crippen LogP contribution in [0.1, 0.15) is 4.88 Å². The van der Waals surface area contributed by atoms with Crippen molar-refractivity contribution in [2.45, 2.75) is 11.4 Å². The maximum atomic E-state index is 4.74. The Bertz CT molecular complexity index is 905. The second-order valence-corrected chi connectivity index (χ2v) is 6.85. The first-order valence-corrected chi connectivity index (χ1v) is 9.02. The van der Waals surface area contributed by atoms with Gasteiger partial charge in [0.1, 0.15) is 11.3 Å². The van der Waals surface area contributed by atoms with Gasteiger partial charge in [0.15, 0.2) is 5.65 Å². The van der Waals surface area contributed by atoms with Crippen LogP contribution in [0, 0.1) is 0 Å². The molecule has 3 heterocycles. The van der Waals surface area contributed by atoms with E-state index in [4.69, 9.17) is 4.98 Å². The van der Waals surface area contributed by atoms with Gasteiger partial charge in [-0.15, -0.1) is 23.1 Å². The third-order valence-corrected chi connectivity index (χ3v) is 5.10. The van der Waals surface area contributed by atoms with E-state index in [1.54, 1.807) is 23.1 Å². The Hall–Kier alpha value is -2.05. The van der Waals surface area contributed by atoms with Crippen molar-refractivity contribution in [3.05, 3.63) is 52.9 Å². The topological polar surface area (TPSA) is 46.5 Å². The summed E-state index contributed by atoms with van der Waals surface area (Å²) in [6.07, 6.45) is 3.93. The second-order valence-electron chi connectivity index (χ2n) is 4.94. The minimum absolute atomic E-state index is 0.760. The van der Waals surface area contributed by atoms with Crippen LogP contribution < -0.4 is 0 Å². The van der Waals surface area contributed by atoms with Gasteiger partial charge in [-0.2, -0.15) is 5.10 Å². The summed E-state index contributed by atoms with van der Waals surface area (Å²) in [5, 5.41) is 6.51. The molecule has 0 unspecified atom stereocenters. The van der Waals surface area contributed by atoms with Crippen LogP contribution in [0.5, 0.6) is 0 Å². The first-order valence-electron chi connectivity index (χ1n) is 6.92. The van der Waals surface area contributed by atoms with E-state index in [0.29, 0.717) is 0 Å². The van der Waals surface area contributed by atoms with Gasteiger partial charge in [-0.25, -0.2) is 9.67 Å². The monoisotopic (exact) mass is 326 g/mol. The highest BCUT2D eigenvalue weighted by Crippen LogP contribution is 2.25. The molecule has 0 aliphatic heterocycles. The first-order chi connectivity index (χ1) is 10.8. The average Bonchev–Trinajstić information content (AvgIpc) is 3.26. The molecule has 22 heavy (non-hydrogen) atoms. The Morgan fingerprint density at radius 1 is 1.27 bits per heavy atom. The molecule has 4 nitrogen and oxygen atoms in total. The Morgan fingerprint density at radius 3 is 3.05 bits per heavy atom. The van der Waals surface area contributed by atoms with Crippen molar-refractivity contribution in [3.8, 4) is 11.4 Å². The summed E-state index contributed by atoms with van der Waals surface area (Å²) >= 11 is 3.47. The van der Waals surface area contributed by atoms with Crippen LogP contribution in [-0.2, 0) is 6.54 Å². The van der Waals surface area contributed by atoms with Crippen LogP contribution in [0.2, 0.25) is 0 Å². The van der Waals surface area contributed by atoms with Gasteiger partial charge < -0.3 is 4.98 Å². The standard InChI is InChI=1S/C16H14N4S2/c1-21-12-5-2-4-11(8-12)15-18-14-9-17-20(16(14)19-15)10-13-6-3-7-22-13/h2-9H,10H2,1H3,(H,18,19). The molecule has 110 valence electrons. The lowest BCUT2D eigenvalue weighted by atomic mass is 10.2. The van der Waals surface area contributed by atoms with E-state index in [0.717, 1.165) is 29.1 Å². The molecule has 3 aromatic heterocycles. The number of aromatic nitrogens is 4. The van der Waals surface area contributed by atoms with Crippen molar-refractivity contribution in [2.75, 3.05) is 6.26 Å². The van der Waals surface area contributed by atoms with E-state index < -0.39 is 0 Å². The third kappa shape index (κ3) is 2.44. The Kier molecular flexibility index (Phi) is 3.48. The van der Waals surface area contributed by atoms with Crippen molar-refractivity contribution in [2.24, 2.45) is 0 Å². The van der Waals surface area contributed by atoms with Crippen LogP contribution in [0.15, 0.2) is 52.9 Å². The Morgan fingerprint density at radius 2 is 2.23 bits per heavy atom. The molecule has 0 amide bonds. The van der Waals surface area contributed by atoms with E-state index in [-0.39, 0.29) is 0 Å². The largest absolute Gasteiger partial charge is 0.335 e. The Labute approximate surface area is 136 Å². The Balaban J connectivity index is 1.73. The molecular weight excluding hydrogens is 312 g/mol. The molecule has 1 N–H and O–H groups in total. The number of rotatable bonds is 4. The highest BCUT2D eigenvalue weighted by molar-refractivity contribution is 7.98. The van der Waals surface area contributed by atoms with Gasteiger partial charge >= 0.3 is 0 Å². The van der Waals surface area contributed by atoms with Gasteiger partial charge in [-0.3, -0.25) is 0 Å². The van der Waals surface area contributed by atoms with Crippen LogP contribution >= 0.6 is 23.1 Å². The zero-order chi connectivity index (χ0) is 14.9. The number of thiophene rings is 1. The summed E-state index contributed by atoms with van der Waals surface area (Å²) in [5.74, 6) is 0.892. The molecule has 0 atom stereocenters. The van der Waals surface area contributed by atoms with Gasteiger partial charge in [0.05, 0.1) is 12.7 Å². The number of imidazole rings is 1. The molecule has 0 saturated carbocycles. The summed E-state index contributed by atoms with van der Waals surface area (Å²) in [6, 6.07) is 12.6. The fraction of sp³-hybridized carbons (Fsp3) is 0.125. The molecule has 6 heteroatoms. The lowest BCUT2D eigenvalue weighted by Crippen LogP contribution is -2.00. The zero-order valence-corrected chi connectivity index (χ0v) is 13.6. The van der Waals surface area contributed by atoms with Gasteiger partial charge in [0.2, 0.25) is 0 Å². The minimum Gasteiger partial charge on any atom is -0.335 e. The number of H-pyrrole nitrogens is 1. The van der Waals surface area contributed by atoms with E-state index in [1.807, 2.05) is 10.9 Å². The molecular formula is C16H14N4S2. The first kappa shape index (κ1) is 13.6. The molecule has 0 radical (unpaired) electrons. The predicted octanol–water partition coefficient (Wildman–Crippen LogP) is 4.26. The maximum absolute atomic E-state index is 4.74.